The lowest BCUT2D eigenvalue weighted by molar-refractivity contribution is 0.0706. The molecular formula is C25H27N3O3S. The number of hydrogen-bond acceptors (Lipinski definition) is 5. The molecule has 1 aromatic heterocycles. The molecule has 0 aliphatic carbocycles. The molecule has 0 unspecified atom stereocenters. The zero-order valence-corrected chi connectivity index (χ0v) is 19.4. The van der Waals surface area contributed by atoms with Crippen LogP contribution in [0.4, 0.5) is 5.69 Å². The number of hydrogen-bond donors (Lipinski definition) is 3. The van der Waals surface area contributed by atoms with E-state index in [0.717, 1.165) is 38.4 Å². The van der Waals surface area contributed by atoms with E-state index in [9.17, 15) is 4.79 Å². The SMILES string of the molecule is CC.COc1ccc(-c2cn(C)c3ccc(NSc4ccc(C(=O)NO)cc4)cc23)cc1. The smallest absolute Gasteiger partial charge is 0.274 e. The van der Waals surface area contributed by atoms with E-state index in [1.54, 1.807) is 24.7 Å². The summed E-state index contributed by atoms with van der Waals surface area (Å²) in [5, 5.41) is 9.86. The second-order valence-corrected chi connectivity index (χ2v) is 7.66. The molecule has 7 heteroatoms. The number of amides is 1. The number of fused-ring (bicyclic) bond motifs is 1. The summed E-state index contributed by atoms with van der Waals surface area (Å²) in [5.41, 5.74) is 6.44. The van der Waals surface area contributed by atoms with Crippen LogP contribution in [-0.4, -0.2) is 22.8 Å². The van der Waals surface area contributed by atoms with E-state index in [2.05, 4.69) is 39.8 Å². The number of methoxy groups -OCH3 is 1. The Hall–Kier alpha value is -3.42. The van der Waals surface area contributed by atoms with Gasteiger partial charge in [0.25, 0.3) is 5.91 Å². The predicted octanol–water partition coefficient (Wildman–Crippen LogP) is 6.12. The first-order valence-corrected chi connectivity index (χ1v) is 11.1. The number of ether oxygens (including phenoxy) is 1. The molecule has 32 heavy (non-hydrogen) atoms. The third kappa shape index (κ3) is 5.07. The molecule has 4 aromatic rings. The highest BCUT2D eigenvalue weighted by atomic mass is 32.2. The highest BCUT2D eigenvalue weighted by Gasteiger charge is 2.10. The normalized spacial score (nSPS) is 10.3. The predicted molar refractivity (Wildman–Crippen MR) is 131 cm³/mol. The Morgan fingerprint density at radius 1 is 1.00 bits per heavy atom. The molecule has 0 radical (unpaired) electrons. The van der Waals surface area contributed by atoms with Crippen LogP contribution in [0.5, 0.6) is 5.75 Å². The molecule has 0 aliphatic heterocycles. The van der Waals surface area contributed by atoms with Crippen molar-refractivity contribution >= 4 is 34.4 Å². The number of nitrogens with zero attached hydrogens (tertiary/aromatic N) is 1. The van der Waals surface area contributed by atoms with E-state index in [4.69, 9.17) is 9.94 Å². The van der Waals surface area contributed by atoms with Crippen LogP contribution in [0.15, 0.2) is 77.8 Å². The van der Waals surface area contributed by atoms with Crippen molar-refractivity contribution in [1.82, 2.24) is 10.0 Å². The minimum atomic E-state index is -0.528. The van der Waals surface area contributed by atoms with Crippen molar-refractivity contribution in [1.29, 1.82) is 0 Å². The van der Waals surface area contributed by atoms with Gasteiger partial charge in [-0.3, -0.25) is 10.0 Å². The molecule has 1 amide bonds. The minimum Gasteiger partial charge on any atom is -0.497 e. The van der Waals surface area contributed by atoms with Gasteiger partial charge in [0.15, 0.2) is 0 Å². The van der Waals surface area contributed by atoms with Crippen molar-refractivity contribution in [2.75, 3.05) is 11.8 Å². The van der Waals surface area contributed by atoms with Crippen molar-refractivity contribution in [2.24, 2.45) is 7.05 Å². The molecule has 166 valence electrons. The van der Waals surface area contributed by atoms with E-state index in [1.807, 2.05) is 51.2 Å². The molecule has 4 rings (SSSR count). The number of aryl methyl sites for hydroxylation is 1. The Bertz CT molecular complexity index is 1190. The van der Waals surface area contributed by atoms with Crippen molar-refractivity contribution in [3.8, 4) is 16.9 Å². The summed E-state index contributed by atoms with van der Waals surface area (Å²) in [6.45, 7) is 4.00. The first-order chi connectivity index (χ1) is 15.6. The van der Waals surface area contributed by atoms with Crippen LogP contribution in [0.1, 0.15) is 24.2 Å². The van der Waals surface area contributed by atoms with Crippen LogP contribution >= 0.6 is 11.9 Å². The molecule has 3 aromatic carbocycles. The maximum atomic E-state index is 11.4. The summed E-state index contributed by atoms with van der Waals surface area (Å²) in [6.07, 6.45) is 2.13. The fourth-order valence-electron chi connectivity index (χ4n) is 3.31. The van der Waals surface area contributed by atoms with E-state index in [0.29, 0.717) is 5.56 Å². The van der Waals surface area contributed by atoms with Crippen molar-refractivity contribution in [3.63, 3.8) is 0 Å². The third-order valence-electron chi connectivity index (χ3n) is 4.90. The maximum absolute atomic E-state index is 11.4. The van der Waals surface area contributed by atoms with Crippen molar-refractivity contribution in [3.05, 3.63) is 78.5 Å². The van der Waals surface area contributed by atoms with E-state index >= 15 is 0 Å². The summed E-state index contributed by atoms with van der Waals surface area (Å²) in [6, 6.07) is 21.3. The average Bonchev–Trinajstić information content (AvgIpc) is 3.19. The van der Waals surface area contributed by atoms with E-state index in [1.165, 1.54) is 11.9 Å². The summed E-state index contributed by atoms with van der Waals surface area (Å²) in [5.74, 6) is 0.306. The van der Waals surface area contributed by atoms with Gasteiger partial charge < -0.3 is 14.0 Å². The molecule has 0 fully saturated rings. The molecule has 0 aliphatic rings. The molecule has 0 atom stereocenters. The van der Waals surface area contributed by atoms with Gasteiger partial charge in [-0.2, -0.15) is 0 Å². The van der Waals surface area contributed by atoms with Crippen LogP contribution in [0, 0.1) is 0 Å². The number of carbonyl (C=O) groups excluding carboxylic acids is 1. The summed E-state index contributed by atoms with van der Waals surface area (Å²) >= 11 is 1.46. The number of rotatable bonds is 6. The largest absolute Gasteiger partial charge is 0.497 e. The second-order valence-electron chi connectivity index (χ2n) is 6.78. The standard InChI is InChI=1S/C23H21N3O3S.C2H6/c1-26-14-21(15-3-8-18(29-2)9-4-15)20-13-17(7-12-22(20)26)25-30-19-10-5-16(6-11-19)23(27)24-28;1-2/h3-14,25,28H,1-2H3,(H,24,27);1-2H3. The van der Waals surface area contributed by atoms with Gasteiger partial charge in [-0.15, -0.1) is 0 Å². The van der Waals surface area contributed by atoms with Gasteiger partial charge in [0.1, 0.15) is 5.75 Å². The first-order valence-electron chi connectivity index (χ1n) is 10.3. The zero-order chi connectivity index (χ0) is 23.1. The molecule has 0 spiro atoms. The van der Waals surface area contributed by atoms with Gasteiger partial charge in [0.05, 0.1) is 7.11 Å². The second kappa shape index (κ2) is 10.7. The number of hydroxylamine groups is 1. The fourth-order valence-corrected chi connectivity index (χ4v) is 3.95. The minimum absolute atomic E-state index is 0.400. The summed E-state index contributed by atoms with van der Waals surface area (Å²) < 4.78 is 10.7. The fraction of sp³-hybridized carbons (Fsp3) is 0.160. The number of benzene rings is 3. The Morgan fingerprint density at radius 3 is 2.31 bits per heavy atom. The lowest BCUT2D eigenvalue weighted by Crippen LogP contribution is -2.18. The highest BCUT2D eigenvalue weighted by Crippen LogP contribution is 2.34. The first kappa shape index (κ1) is 23.2. The van der Waals surface area contributed by atoms with Gasteiger partial charge in [0.2, 0.25) is 0 Å². The average molecular weight is 450 g/mol. The number of nitrogens with one attached hydrogen (secondary N) is 2. The Labute approximate surface area is 192 Å². The van der Waals surface area contributed by atoms with Gasteiger partial charge in [-0.05, 0) is 72.1 Å². The van der Waals surface area contributed by atoms with E-state index in [-0.39, 0.29) is 0 Å². The van der Waals surface area contributed by atoms with E-state index < -0.39 is 5.91 Å². The van der Waals surface area contributed by atoms with Crippen LogP contribution in [0.25, 0.3) is 22.0 Å². The molecule has 0 bridgehead atoms. The van der Waals surface area contributed by atoms with Crippen LogP contribution in [0.3, 0.4) is 0 Å². The van der Waals surface area contributed by atoms with Crippen molar-refractivity contribution < 1.29 is 14.7 Å². The topological polar surface area (TPSA) is 75.5 Å². The maximum Gasteiger partial charge on any atom is 0.274 e. The molecule has 0 saturated carbocycles. The Morgan fingerprint density at radius 2 is 1.69 bits per heavy atom. The van der Waals surface area contributed by atoms with Crippen LogP contribution < -0.4 is 14.9 Å². The number of anilines is 1. The lowest BCUT2D eigenvalue weighted by atomic mass is 10.0. The summed E-state index contributed by atoms with van der Waals surface area (Å²) in [4.78, 5) is 12.4. The molecule has 6 nitrogen and oxygen atoms in total. The number of carbonyl (C=O) groups is 1. The highest BCUT2D eigenvalue weighted by molar-refractivity contribution is 8.00. The molecular weight excluding hydrogens is 422 g/mol. The molecule has 1 heterocycles. The van der Waals surface area contributed by atoms with Crippen LogP contribution in [0.2, 0.25) is 0 Å². The molecule has 3 N–H and O–H groups in total. The Kier molecular flexibility index (Phi) is 7.81. The van der Waals surface area contributed by atoms with Crippen LogP contribution in [-0.2, 0) is 7.05 Å². The monoisotopic (exact) mass is 449 g/mol. The number of aromatic nitrogens is 1. The third-order valence-corrected chi connectivity index (χ3v) is 5.74. The van der Waals surface area contributed by atoms with Gasteiger partial charge in [-0.1, -0.05) is 26.0 Å². The van der Waals surface area contributed by atoms with Gasteiger partial charge in [0, 0.05) is 45.9 Å². The van der Waals surface area contributed by atoms with Crippen molar-refractivity contribution in [2.45, 2.75) is 18.7 Å². The molecule has 0 saturated heterocycles. The lowest BCUT2D eigenvalue weighted by Gasteiger charge is -2.08. The Balaban J connectivity index is 0.00000141. The zero-order valence-electron chi connectivity index (χ0n) is 18.5. The van der Waals surface area contributed by atoms with Gasteiger partial charge >= 0.3 is 0 Å². The van der Waals surface area contributed by atoms with Gasteiger partial charge in [-0.25, -0.2) is 5.48 Å². The quantitative estimate of drug-likeness (QED) is 0.188. The summed E-state index contributed by atoms with van der Waals surface area (Å²) in [7, 11) is 3.71.